The summed E-state index contributed by atoms with van der Waals surface area (Å²) in [6.45, 7) is 0. The molecule has 1 heterocycles. The summed E-state index contributed by atoms with van der Waals surface area (Å²) in [5.74, 6) is 0.745. The lowest BCUT2D eigenvalue weighted by molar-refractivity contribution is 1.23. The van der Waals surface area contributed by atoms with Gasteiger partial charge in [0.1, 0.15) is 0 Å². The first-order valence-corrected chi connectivity index (χ1v) is 8.93. The highest BCUT2D eigenvalue weighted by Crippen LogP contribution is 2.34. The van der Waals surface area contributed by atoms with Crippen molar-refractivity contribution in [1.29, 1.82) is 0 Å². The van der Waals surface area contributed by atoms with Crippen LogP contribution in [-0.2, 0) is 0 Å². The molecule has 118 valence electrons. The van der Waals surface area contributed by atoms with Crippen molar-refractivity contribution in [3.05, 3.63) is 83.5 Å². The maximum atomic E-state index is 4.93. The molecule has 5 aromatic rings. The molecule has 0 N–H and O–H groups in total. The molecule has 0 bridgehead atoms. The van der Waals surface area contributed by atoms with E-state index >= 15 is 0 Å². The molecule has 5 rings (SSSR count). The summed E-state index contributed by atoms with van der Waals surface area (Å²) in [6.07, 6.45) is 1.95. The quantitative estimate of drug-likeness (QED) is 0.314. The molecule has 3 heteroatoms. The molecule has 1 aromatic heterocycles. The Balaban J connectivity index is 1.93. The number of nitrogens with zero attached hydrogens (tertiary/aromatic N) is 2. The van der Waals surface area contributed by atoms with E-state index in [9.17, 15) is 0 Å². The largest absolute Gasteiger partial charge is 0.236 e. The Hall–Kier alpha value is -2.78. The molecule has 0 saturated carbocycles. The molecule has 0 aliphatic heterocycles. The Morgan fingerprint density at radius 3 is 2.00 bits per heavy atom. The second-order valence-electron chi connectivity index (χ2n) is 6.06. The fraction of sp³-hybridized carbons (Fsp3) is 0. The molecule has 0 radical (unpaired) electrons. The highest BCUT2D eigenvalue weighted by molar-refractivity contribution is 9.10. The van der Waals surface area contributed by atoms with E-state index < -0.39 is 0 Å². The van der Waals surface area contributed by atoms with E-state index in [1.165, 1.54) is 16.2 Å². The van der Waals surface area contributed by atoms with Gasteiger partial charge in [-0.1, -0.05) is 76.6 Å². The second-order valence-corrected chi connectivity index (χ2v) is 6.97. The van der Waals surface area contributed by atoms with Gasteiger partial charge in [0.25, 0.3) is 0 Å². The maximum Gasteiger partial charge on any atom is 0.159 e. The summed E-state index contributed by atoms with van der Waals surface area (Å²) in [6, 6.07) is 25.0. The first-order valence-electron chi connectivity index (χ1n) is 8.13. The van der Waals surface area contributed by atoms with Gasteiger partial charge >= 0.3 is 0 Å². The van der Waals surface area contributed by atoms with Crippen molar-refractivity contribution in [2.75, 3.05) is 0 Å². The van der Waals surface area contributed by atoms with Gasteiger partial charge in [0.2, 0.25) is 0 Å². The predicted octanol–water partition coefficient (Wildman–Crippen LogP) is 6.37. The van der Waals surface area contributed by atoms with Crippen molar-refractivity contribution >= 4 is 48.4 Å². The zero-order valence-electron chi connectivity index (χ0n) is 13.3. The number of rotatable bonds is 1. The summed E-state index contributed by atoms with van der Waals surface area (Å²) in [7, 11) is 0. The van der Waals surface area contributed by atoms with Crippen LogP contribution in [0, 0.1) is 0 Å². The van der Waals surface area contributed by atoms with Gasteiger partial charge in [-0.3, -0.25) is 0 Å². The summed E-state index contributed by atoms with van der Waals surface area (Å²) in [4.78, 5) is 9.58. The van der Waals surface area contributed by atoms with E-state index in [-0.39, 0.29) is 0 Å². The van der Waals surface area contributed by atoms with Crippen LogP contribution >= 0.6 is 15.9 Å². The van der Waals surface area contributed by atoms with Gasteiger partial charge in [-0.2, -0.15) is 0 Å². The molecule has 0 aliphatic rings. The van der Waals surface area contributed by atoms with E-state index in [1.54, 1.807) is 0 Å². The maximum absolute atomic E-state index is 4.93. The van der Waals surface area contributed by atoms with Gasteiger partial charge in [0.15, 0.2) is 5.82 Å². The Kier molecular flexibility index (Phi) is 3.28. The van der Waals surface area contributed by atoms with Crippen LogP contribution in [0.15, 0.2) is 83.5 Å². The van der Waals surface area contributed by atoms with E-state index in [4.69, 9.17) is 4.98 Å². The first-order chi connectivity index (χ1) is 12.3. The third-order valence-corrected chi connectivity index (χ3v) is 5.05. The van der Waals surface area contributed by atoms with E-state index in [2.05, 4.69) is 69.4 Å². The second kappa shape index (κ2) is 5.64. The zero-order valence-corrected chi connectivity index (χ0v) is 14.9. The van der Waals surface area contributed by atoms with Gasteiger partial charge in [0, 0.05) is 27.0 Å². The van der Waals surface area contributed by atoms with Gasteiger partial charge in [-0.25, -0.2) is 9.97 Å². The number of hydrogen-bond acceptors (Lipinski definition) is 2. The molecule has 0 amide bonds. The van der Waals surface area contributed by atoms with Crippen LogP contribution in [0.5, 0.6) is 0 Å². The molecular formula is C22H13BrN2. The minimum absolute atomic E-state index is 0.745. The molecule has 2 nitrogen and oxygen atoms in total. The molecule has 0 atom stereocenters. The average Bonchev–Trinajstić information content (AvgIpc) is 2.68. The van der Waals surface area contributed by atoms with Crippen LogP contribution < -0.4 is 0 Å². The summed E-state index contributed by atoms with van der Waals surface area (Å²) >= 11 is 3.53. The van der Waals surface area contributed by atoms with Crippen molar-refractivity contribution < 1.29 is 0 Å². The number of benzene rings is 4. The Bertz CT molecular complexity index is 1230. The van der Waals surface area contributed by atoms with E-state index in [1.807, 2.05) is 30.5 Å². The minimum Gasteiger partial charge on any atom is -0.236 e. The van der Waals surface area contributed by atoms with Crippen LogP contribution in [0.1, 0.15) is 0 Å². The number of halogens is 1. The van der Waals surface area contributed by atoms with Crippen molar-refractivity contribution in [2.45, 2.75) is 0 Å². The topological polar surface area (TPSA) is 25.8 Å². The van der Waals surface area contributed by atoms with Crippen molar-refractivity contribution in [1.82, 2.24) is 9.97 Å². The molecule has 0 unspecified atom stereocenters. The van der Waals surface area contributed by atoms with E-state index in [0.29, 0.717) is 0 Å². The third kappa shape index (κ3) is 2.31. The zero-order chi connectivity index (χ0) is 16.8. The highest BCUT2D eigenvalue weighted by Gasteiger charge is 2.11. The number of hydrogen-bond donors (Lipinski definition) is 0. The normalized spacial score (nSPS) is 11.4. The lowest BCUT2D eigenvalue weighted by atomic mass is 9.98. The molecule has 25 heavy (non-hydrogen) atoms. The Morgan fingerprint density at radius 1 is 0.640 bits per heavy atom. The first kappa shape index (κ1) is 14.6. The van der Waals surface area contributed by atoms with Crippen molar-refractivity contribution in [3.8, 4) is 11.4 Å². The molecule has 4 aromatic carbocycles. The van der Waals surface area contributed by atoms with Gasteiger partial charge in [-0.15, -0.1) is 0 Å². The number of fused-ring (bicyclic) bond motifs is 6. The van der Waals surface area contributed by atoms with Gasteiger partial charge < -0.3 is 0 Å². The molecule has 0 aliphatic carbocycles. The highest BCUT2D eigenvalue weighted by atomic mass is 79.9. The standard InChI is InChI=1S/C22H13BrN2/c23-15-7-5-6-14(12-15)22-24-13-20-18-10-2-1-8-16(18)17-9-3-4-11-19(17)21(20)25-22/h1-13H. The molecule has 0 spiro atoms. The van der Waals surface area contributed by atoms with E-state index in [0.717, 1.165) is 32.1 Å². The van der Waals surface area contributed by atoms with Crippen LogP contribution in [0.3, 0.4) is 0 Å². The molecule has 0 saturated heterocycles. The van der Waals surface area contributed by atoms with Crippen molar-refractivity contribution in [3.63, 3.8) is 0 Å². The summed E-state index contributed by atoms with van der Waals surface area (Å²) in [5, 5.41) is 5.91. The van der Waals surface area contributed by atoms with Crippen LogP contribution in [0.2, 0.25) is 0 Å². The minimum atomic E-state index is 0.745. The number of aromatic nitrogens is 2. The van der Waals surface area contributed by atoms with Crippen molar-refractivity contribution in [2.24, 2.45) is 0 Å². The van der Waals surface area contributed by atoms with Crippen LogP contribution in [-0.4, -0.2) is 9.97 Å². The van der Waals surface area contributed by atoms with Crippen LogP contribution in [0.25, 0.3) is 43.8 Å². The molecular weight excluding hydrogens is 372 g/mol. The summed E-state index contributed by atoms with van der Waals surface area (Å²) in [5.41, 5.74) is 2.01. The predicted molar refractivity (Wildman–Crippen MR) is 108 cm³/mol. The lowest BCUT2D eigenvalue weighted by Gasteiger charge is -2.10. The van der Waals surface area contributed by atoms with Gasteiger partial charge in [-0.05, 0) is 28.3 Å². The van der Waals surface area contributed by atoms with Crippen LogP contribution in [0.4, 0.5) is 0 Å². The Labute approximate surface area is 153 Å². The fourth-order valence-corrected chi connectivity index (χ4v) is 3.83. The SMILES string of the molecule is Brc1cccc(-c2ncc3c4ccccc4c4ccccc4c3n2)c1. The average molecular weight is 385 g/mol. The fourth-order valence-electron chi connectivity index (χ4n) is 3.43. The van der Waals surface area contributed by atoms with Gasteiger partial charge in [0.05, 0.1) is 5.52 Å². The third-order valence-electron chi connectivity index (χ3n) is 4.56. The lowest BCUT2D eigenvalue weighted by Crippen LogP contribution is -1.92. The molecule has 0 fully saturated rings. The Morgan fingerprint density at radius 2 is 1.28 bits per heavy atom. The smallest absolute Gasteiger partial charge is 0.159 e. The summed E-state index contributed by atoms with van der Waals surface area (Å²) < 4.78 is 1.03. The monoisotopic (exact) mass is 384 g/mol.